The van der Waals surface area contributed by atoms with E-state index in [2.05, 4.69) is 4.98 Å². The van der Waals surface area contributed by atoms with Crippen LogP contribution in [0, 0.1) is 0 Å². The number of fused-ring (bicyclic) bond motifs is 1. The molecule has 0 radical (unpaired) electrons. The highest BCUT2D eigenvalue weighted by Crippen LogP contribution is 2.37. The van der Waals surface area contributed by atoms with Crippen molar-refractivity contribution in [1.82, 2.24) is 9.88 Å². The smallest absolute Gasteiger partial charge is 0.410 e. The summed E-state index contributed by atoms with van der Waals surface area (Å²) >= 11 is 0. The molecule has 1 aromatic heterocycles. The maximum atomic E-state index is 12.9. The summed E-state index contributed by atoms with van der Waals surface area (Å²) in [5.74, 6) is -0.326. The van der Waals surface area contributed by atoms with Gasteiger partial charge in [0.1, 0.15) is 5.60 Å². The number of rotatable bonds is 5. The van der Waals surface area contributed by atoms with E-state index >= 15 is 0 Å². The number of hydrogen-bond donors (Lipinski definition) is 2. The minimum atomic E-state index is -3.71. The van der Waals surface area contributed by atoms with Crippen molar-refractivity contribution < 1.29 is 22.1 Å². The highest BCUT2D eigenvalue weighted by molar-refractivity contribution is 7.86. The van der Waals surface area contributed by atoms with E-state index < -0.39 is 34.0 Å². The van der Waals surface area contributed by atoms with Crippen LogP contribution in [0.1, 0.15) is 38.7 Å². The Bertz CT molecular complexity index is 979. The molecule has 8 nitrogen and oxygen atoms in total. The first-order chi connectivity index (χ1) is 13.5. The fourth-order valence-corrected chi connectivity index (χ4v) is 4.64. The molecule has 29 heavy (non-hydrogen) atoms. The number of ether oxygens (including phenoxy) is 1. The molecule has 3 N–H and O–H groups in total. The fourth-order valence-electron chi connectivity index (χ4n) is 3.98. The monoisotopic (exact) mass is 423 g/mol. The first-order valence-corrected chi connectivity index (χ1v) is 11.5. The van der Waals surface area contributed by atoms with E-state index in [9.17, 15) is 13.2 Å². The largest absolute Gasteiger partial charge is 0.444 e. The summed E-state index contributed by atoms with van der Waals surface area (Å²) in [5, 5.41) is 0.983. The topological polar surface area (TPSA) is 115 Å². The van der Waals surface area contributed by atoms with Crippen LogP contribution in [0.15, 0.2) is 30.5 Å². The van der Waals surface area contributed by atoms with E-state index in [1.54, 1.807) is 25.7 Å². The molecule has 0 spiro atoms. The predicted molar refractivity (Wildman–Crippen MR) is 111 cm³/mol. The highest BCUT2D eigenvalue weighted by Gasteiger charge is 2.46. The van der Waals surface area contributed by atoms with E-state index in [4.69, 9.17) is 14.7 Å². The van der Waals surface area contributed by atoms with Gasteiger partial charge in [-0.3, -0.25) is 4.18 Å². The summed E-state index contributed by atoms with van der Waals surface area (Å²) in [4.78, 5) is 17.7. The lowest BCUT2D eigenvalue weighted by atomic mass is 9.88. The fraction of sp³-hybridized carbons (Fsp3) is 0.550. The molecule has 9 heteroatoms. The molecular weight excluding hydrogens is 394 g/mol. The molecule has 0 bridgehead atoms. The summed E-state index contributed by atoms with van der Waals surface area (Å²) in [6.07, 6.45) is 2.07. The maximum absolute atomic E-state index is 12.9. The second-order valence-corrected chi connectivity index (χ2v) is 10.0. The highest BCUT2D eigenvalue weighted by atomic mass is 32.2. The van der Waals surface area contributed by atoms with Crippen LogP contribution >= 0.6 is 0 Å². The zero-order valence-corrected chi connectivity index (χ0v) is 18.0. The number of aromatic amines is 1. The zero-order chi connectivity index (χ0) is 21.4. The second kappa shape index (κ2) is 7.97. The Morgan fingerprint density at radius 2 is 2.03 bits per heavy atom. The number of nitrogens with zero attached hydrogens (tertiary/aromatic N) is 1. The van der Waals surface area contributed by atoms with Crippen molar-refractivity contribution >= 4 is 27.1 Å². The van der Waals surface area contributed by atoms with Crippen molar-refractivity contribution in [3.63, 3.8) is 0 Å². The molecule has 1 amide bonds. The third-order valence-electron chi connectivity index (χ3n) is 5.01. The standard InChI is InChI=1S/C20H29N3O5S/c1-20(2,3)27-19(24)23-10-9-17(28-29(4,25)26)18(23)14(11-21)15-12-22-16-8-6-5-7-13(15)16/h5-8,12,14,17-18,22H,9-11,21H2,1-4H3. The van der Waals surface area contributed by atoms with Gasteiger partial charge < -0.3 is 20.4 Å². The van der Waals surface area contributed by atoms with Gasteiger partial charge in [-0.1, -0.05) is 18.2 Å². The third kappa shape index (κ3) is 4.91. The molecule has 2 heterocycles. The van der Waals surface area contributed by atoms with Crippen LogP contribution in [0.2, 0.25) is 0 Å². The average Bonchev–Trinajstić information content (AvgIpc) is 3.18. The molecule has 0 saturated carbocycles. The molecule has 1 aliphatic rings. The van der Waals surface area contributed by atoms with Crippen LogP contribution in [0.25, 0.3) is 10.9 Å². The Balaban J connectivity index is 2.02. The van der Waals surface area contributed by atoms with Gasteiger partial charge in [0.25, 0.3) is 10.1 Å². The number of H-pyrrole nitrogens is 1. The first kappa shape index (κ1) is 21.6. The molecule has 160 valence electrons. The minimum Gasteiger partial charge on any atom is -0.444 e. The molecule has 0 aliphatic carbocycles. The molecule has 3 atom stereocenters. The van der Waals surface area contributed by atoms with Gasteiger partial charge in [0, 0.05) is 36.1 Å². The Hall–Kier alpha value is -2.10. The van der Waals surface area contributed by atoms with Gasteiger partial charge >= 0.3 is 6.09 Å². The summed E-state index contributed by atoms with van der Waals surface area (Å²) < 4.78 is 34.6. The van der Waals surface area contributed by atoms with E-state index in [-0.39, 0.29) is 12.5 Å². The zero-order valence-electron chi connectivity index (χ0n) is 17.2. The number of carbonyl (C=O) groups excluding carboxylic acids is 1. The van der Waals surface area contributed by atoms with Crippen molar-refractivity contribution in [3.8, 4) is 0 Å². The number of likely N-dealkylation sites (tertiary alicyclic amines) is 1. The van der Waals surface area contributed by atoms with Crippen molar-refractivity contribution in [1.29, 1.82) is 0 Å². The number of aromatic nitrogens is 1. The minimum absolute atomic E-state index is 0.218. The van der Waals surface area contributed by atoms with Crippen molar-refractivity contribution in [2.24, 2.45) is 5.73 Å². The van der Waals surface area contributed by atoms with Crippen molar-refractivity contribution in [2.45, 2.75) is 50.9 Å². The Labute approximate surface area is 171 Å². The number of amides is 1. The molecule has 1 saturated heterocycles. The van der Waals surface area contributed by atoms with E-state index in [0.29, 0.717) is 13.0 Å². The second-order valence-electron chi connectivity index (χ2n) is 8.42. The van der Waals surface area contributed by atoms with Gasteiger partial charge in [0.15, 0.2) is 0 Å². The Morgan fingerprint density at radius 1 is 1.34 bits per heavy atom. The van der Waals surface area contributed by atoms with Gasteiger partial charge in [0.05, 0.1) is 18.4 Å². The van der Waals surface area contributed by atoms with Gasteiger partial charge in [-0.2, -0.15) is 8.42 Å². The van der Waals surface area contributed by atoms with Crippen LogP contribution in [-0.4, -0.2) is 61.5 Å². The lowest BCUT2D eigenvalue weighted by Gasteiger charge is -2.34. The van der Waals surface area contributed by atoms with Crippen molar-refractivity contribution in [3.05, 3.63) is 36.0 Å². The van der Waals surface area contributed by atoms with E-state index in [1.165, 1.54) is 0 Å². The number of carbonyl (C=O) groups is 1. The van der Waals surface area contributed by atoms with Gasteiger partial charge in [-0.25, -0.2) is 4.79 Å². The first-order valence-electron chi connectivity index (χ1n) is 9.64. The van der Waals surface area contributed by atoms with Gasteiger partial charge in [0.2, 0.25) is 0 Å². The average molecular weight is 424 g/mol. The normalized spacial score (nSPS) is 21.5. The van der Waals surface area contributed by atoms with Crippen molar-refractivity contribution in [2.75, 3.05) is 19.3 Å². The number of nitrogens with one attached hydrogen (secondary N) is 1. The number of benzene rings is 1. The van der Waals surface area contributed by atoms with Crippen LogP contribution in [0.5, 0.6) is 0 Å². The van der Waals surface area contributed by atoms with E-state index in [1.807, 2.05) is 30.5 Å². The predicted octanol–water partition coefficient (Wildman–Crippen LogP) is 2.56. The molecule has 1 aliphatic heterocycles. The lowest BCUT2D eigenvalue weighted by molar-refractivity contribution is 0.0145. The van der Waals surface area contributed by atoms with E-state index in [0.717, 1.165) is 22.7 Å². The lowest BCUT2D eigenvalue weighted by Crippen LogP contribution is -2.48. The summed E-state index contributed by atoms with van der Waals surface area (Å²) in [5.41, 5.74) is 7.35. The van der Waals surface area contributed by atoms with Gasteiger partial charge in [-0.05, 0) is 38.8 Å². The molecular formula is C20H29N3O5S. The SMILES string of the molecule is CC(C)(C)OC(=O)N1CCC(OS(C)(=O)=O)C1C(CN)c1c[nH]c2ccccc12. The van der Waals surface area contributed by atoms with Crippen LogP contribution in [0.3, 0.4) is 0 Å². The van der Waals surface area contributed by atoms with Crippen LogP contribution in [0.4, 0.5) is 4.79 Å². The summed E-state index contributed by atoms with van der Waals surface area (Å²) in [6.45, 7) is 5.93. The molecule has 3 rings (SSSR count). The van der Waals surface area contributed by atoms with Crippen LogP contribution in [-0.2, 0) is 19.0 Å². The van der Waals surface area contributed by atoms with Crippen LogP contribution < -0.4 is 5.73 Å². The quantitative estimate of drug-likeness (QED) is 0.714. The maximum Gasteiger partial charge on any atom is 0.410 e. The van der Waals surface area contributed by atoms with Gasteiger partial charge in [-0.15, -0.1) is 0 Å². The molecule has 1 fully saturated rings. The number of para-hydroxylation sites is 1. The molecule has 2 aromatic rings. The molecule has 3 unspecified atom stereocenters. The molecule has 1 aromatic carbocycles. The Kier molecular flexibility index (Phi) is 5.93. The summed E-state index contributed by atoms with van der Waals surface area (Å²) in [6, 6.07) is 7.22. The Morgan fingerprint density at radius 3 is 2.66 bits per heavy atom. The number of hydrogen-bond acceptors (Lipinski definition) is 6. The third-order valence-corrected chi connectivity index (χ3v) is 5.61. The number of nitrogens with two attached hydrogens (primary N) is 1. The summed E-state index contributed by atoms with van der Waals surface area (Å²) in [7, 11) is -3.71.